The Labute approximate surface area is 123 Å². The van der Waals surface area contributed by atoms with E-state index >= 15 is 0 Å². The predicted octanol–water partition coefficient (Wildman–Crippen LogP) is 0.967. The Morgan fingerprint density at radius 2 is 2.30 bits per heavy atom. The van der Waals surface area contributed by atoms with Gasteiger partial charge >= 0.3 is 0 Å². The number of carbonyl (C=O) groups is 2. The van der Waals surface area contributed by atoms with E-state index in [0.717, 1.165) is 17.9 Å². The van der Waals surface area contributed by atoms with Crippen LogP contribution in [0.4, 0.5) is 5.82 Å². The number of piperidine rings is 1. The van der Waals surface area contributed by atoms with Crippen LogP contribution in [0.25, 0.3) is 0 Å². The standard InChI is InChI=1S/C13H19ClN4O2/c1-8-7-11(17(3)16-8)18-6-4-5-10(13(18)20)15-12(19)9(2)14/h7,9-10H,4-6H2,1-3H3,(H,15,19). The van der Waals surface area contributed by atoms with Crippen molar-refractivity contribution in [2.45, 2.75) is 38.1 Å². The number of aryl methyl sites for hydroxylation is 2. The van der Waals surface area contributed by atoms with E-state index in [0.29, 0.717) is 13.0 Å². The van der Waals surface area contributed by atoms with Gasteiger partial charge in [0.05, 0.1) is 5.69 Å². The van der Waals surface area contributed by atoms with Crippen LogP contribution in [-0.4, -0.2) is 39.6 Å². The molecule has 1 aliphatic heterocycles. The molecule has 1 aliphatic rings. The molecule has 6 nitrogen and oxygen atoms in total. The van der Waals surface area contributed by atoms with Gasteiger partial charge in [-0.05, 0) is 26.7 Å². The first kappa shape index (κ1) is 14.8. The smallest absolute Gasteiger partial charge is 0.250 e. The number of aromatic nitrogens is 2. The van der Waals surface area contributed by atoms with E-state index in [2.05, 4.69) is 10.4 Å². The molecule has 20 heavy (non-hydrogen) atoms. The number of hydrogen-bond donors (Lipinski definition) is 1. The van der Waals surface area contributed by atoms with Gasteiger partial charge in [0.1, 0.15) is 17.2 Å². The summed E-state index contributed by atoms with van der Waals surface area (Å²) in [5, 5.41) is 6.31. The van der Waals surface area contributed by atoms with Crippen LogP contribution in [-0.2, 0) is 16.6 Å². The van der Waals surface area contributed by atoms with E-state index in [1.54, 1.807) is 23.6 Å². The molecule has 2 rings (SSSR count). The molecule has 2 atom stereocenters. The van der Waals surface area contributed by atoms with Crippen molar-refractivity contribution in [1.29, 1.82) is 0 Å². The molecule has 0 saturated carbocycles. The second kappa shape index (κ2) is 5.83. The quantitative estimate of drug-likeness (QED) is 0.846. The average Bonchev–Trinajstić information content (AvgIpc) is 2.70. The van der Waals surface area contributed by atoms with Gasteiger partial charge in [0.2, 0.25) is 5.91 Å². The lowest BCUT2D eigenvalue weighted by atomic mass is 10.0. The summed E-state index contributed by atoms with van der Waals surface area (Å²) in [6.45, 7) is 4.11. The van der Waals surface area contributed by atoms with Crippen LogP contribution in [0, 0.1) is 6.92 Å². The Hall–Kier alpha value is -1.56. The maximum atomic E-state index is 12.5. The zero-order valence-electron chi connectivity index (χ0n) is 11.9. The molecule has 2 heterocycles. The minimum atomic E-state index is -0.642. The first-order valence-electron chi connectivity index (χ1n) is 6.66. The summed E-state index contributed by atoms with van der Waals surface area (Å²) in [5.41, 5.74) is 0.857. The van der Waals surface area contributed by atoms with Gasteiger partial charge in [-0.2, -0.15) is 5.10 Å². The highest BCUT2D eigenvalue weighted by Crippen LogP contribution is 2.21. The average molecular weight is 299 g/mol. The highest BCUT2D eigenvalue weighted by Gasteiger charge is 2.32. The van der Waals surface area contributed by atoms with Crippen molar-refractivity contribution in [2.24, 2.45) is 7.05 Å². The van der Waals surface area contributed by atoms with Gasteiger partial charge in [0, 0.05) is 19.7 Å². The molecule has 0 aromatic carbocycles. The normalized spacial score (nSPS) is 20.9. The molecule has 1 fully saturated rings. The number of halogens is 1. The Bertz CT molecular complexity index is 526. The van der Waals surface area contributed by atoms with E-state index in [1.165, 1.54) is 0 Å². The maximum Gasteiger partial charge on any atom is 0.250 e. The van der Waals surface area contributed by atoms with Crippen LogP contribution in [0.15, 0.2) is 6.07 Å². The molecular weight excluding hydrogens is 280 g/mol. The van der Waals surface area contributed by atoms with Crippen LogP contribution in [0.1, 0.15) is 25.5 Å². The zero-order chi connectivity index (χ0) is 14.9. The molecule has 110 valence electrons. The number of carbonyl (C=O) groups excluding carboxylic acids is 2. The van der Waals surface area contributed by atoms with Gasteiger partial charge in [-0.15, -0.1) is 11.6 Å². The molecule has 7 heteroatoms. The van der Waals surface area contributed by atoms with E-state index < -0.39 is 11.4 Å². The molecule has 2 amide bonds. The Kier molecular flexibility index (Phi) is 4.32. The Morgan fingerprint density at radius 3 is 2.85 bits per heavy atom. The van der Waals surface area contributed by atoms with Crippen LogP contribution in [0.5, 0.6) is 0 Å². The Balaban J connectivity index is 2.15. The monoisotopic (exact) mass is 298 g/mol. The van der Waals surface area contributed by atoms with Gasteiger partial charge in [-0.3, -0.25) is 19.2 Å². The number of hydrogen-bond acceptors (Lipinski definition) is 3. The lowest BCUT2D eigenvalue weighted by molar-refractivity contribution is -0.128. The Morgan fingerprint density at radius 1 is 1.60 bits per heavy atom. The lowest BCUT2D eigenvalue weighted by Gasteiger charge is -2.32. The van der Waals surface area contributed by atoms with E-state index in [4.69, 9.17) is 11.6 Å². The highest BCUT2D eigenvalue weighted by atomic mass is 35.5. The second-order valence-electron chi connectivity index (χ2n) is 5.08. The number of rotatable bonds is 3. The van der Waals surface area contributed by atoms with Gasteiger partial charge in [0.15, 0.2) is 0 Å². The minimum absolute atomic E-state index is 0.107. The molecule has 1 aromatic rings. The molecular formula is C13H19ClN4O2. The minimum Gasteiger partial charge on any atom is -0.343 e. The van der Waals surface area contributed by atoms with Gasteiger partial charge < -0.3 is 5.32 Å². The topological polar surface area (TPSA) is 67.2 Å². The van der Waals surface area contributed by atoms with Crippen molar-refractivity contribution in [3.05, 3.63) is 11.8 Å². The highest BCUT2D eigenvalue weighted by molar-refractivity contribution is 6.30. The van der Waals surface area contributed by atoms with Gasteiger partial charge in [0.25, 0.3) is 5.91 Å². The number of anilines is 1. The van der Waals surface area contributed by atoms with Crippen molar-refractivity contribution in [3.8, 4) is 0 Å². The summed E-state index contributed by atoms with van der Waals surface area (Å²) in [6.07, 6.45) is 1.47. The van der Waals surface area contributed by atoms with Crippen LogP contribution in [0.3, 0.4) is 0 Å². The van der Waals surface area contributed by atoms with Gasteiger partial charge in [-0.1, -0.05) is 0 Å². The van der Waals surface area contributed by atoms with Crippen molar-refractivity contribution in [3.63, 3.8) is 0 Å². The number of alkyl halides is 1. The lowest BCUT2D eigenvalue weighted by Crippen LogP contribution is -2.53. The van der Waals surface area contributed by atoms with Crippen molar-refractivity contribution in [2.75, 3.05) is 11.4 Å². The van der Waals surface area contributed by atoms with Crippen molar-refractivity contribution >= 4 is 29.2 Å². The van der Waals surface area contributed by atoms with E-state index in [1.807, 2.05) is 13.0 Å². The van der Waals surface area contributed by atoms with E-state index in [9.17, 15) is 9.59 Å². The summed E-state index contributed by atoms with van der Waals surface area (Å²) in [5.74, 6) is 0.336. The number of nitrogens with one attached hydrogen (secondary N) is 1. The summed E-state index contributed by atoms with van der Waals surface area (Å²) in [4.78, 5) is 25.8. The summed E-state index contributed by atoms with van der Waals surface area (Å²) >= 11 is 5.73. The molecule has 1 saturated heterocycles. The first-order chi connectivity index (χ1) is 9.40. The van der Waals surface area contributed by atoms with Crippen LogP contribution < -0.4 is 10.2 Å². The fraction of sp³-hybridized carbons (Fsp3) is 0.615. The van der Waals surface area contributed by atoms with Gasteiger partial charge in [-0.25, -0.2) is 0 Å². The fourth-order valence-electron chi connectivity index (χ4n) is 2.37. The molecule has 1 aromatic heterocycles. The van der Waals surface area contributed by atoms with E-state index in [-0.39, 0.29) is 11.8 Å². The molecule has 0 radical (unpaired) electrons. The third kappa shape index (κ3) is 2.95. The maximum absolute atomic E-state index is 12.5. The number of nitrogens with zero attached hydrogens (tertiary/aromatic N) is 3. The van der Waals surface area contributed by atoms with Crippen molar-refractivity contribution in [1.82, 2.24) is 15.1 Å². The fourth-order valence-corrected chi connectivity index (χ4v) is 2.44. The molecule has 0 spiro atoms. The predicted molar refractivity (Wildman–Crippen MR) is 76.8 cm³/mol. The molecule has 0 bridgehead atoms. The molecule has 1 N–H and O–H groups in total. The molecule has 0 aliphatic carbocycles. The first-order valence-corrected chi connectivity index (χ1v) is 7.10. The SMILES string of the molecule is Cc1cc(N2CCCC(NC(=O)C(C)Cl)C2=O)n(C)n1. The summed E-state index contributed by atoms with van der Waals surface area (Å²) in [6, 6.07) is 1.36. The zero-order valence-corrected chi connectivity index (χ0v) is 12.6. The van der Waals surface area contributed by atoms with Crippen LogP contribution >= 0.6 is 11.6 Å². The third-order valence-corrected chi connectivity index (χ3v) is 3.57. The summed E-state index contributed by atoms with van der Waals surface area (Å²) < 4.78 is 1.68. The molecule has 2 unspecified atom stereocenters. The largest absolute Gasteiger partial charge is 0.343 e. The summed E-state index contributed by atoms with van der Waals surface area (Å²) in [7, 11) is 1.80. The van der Waals surface area contributed by atoms with Crippen LogP contribution in [0.2, 0.25) is 0 Å². The third-order valence-electron chi connectivity index (χ3n) is 3.37. The van der Waals surface area contributed by atoms with Crippen molar-refractivity contribution < 1.29 is 9.59 Å². The number of amides is 2. The second-order valence-corrected chi connectivity index (χ2v) is 5.73.